The fourth-order valence-corrected chi connectivity index (χ4v) is 6.47. The highest BCUT2D eigenvalue weighted by Crippen LogP contribution is 2.41. The van der Waals surface area contributed by atoms with Gasteiger partial charge in [-0.25, -0.2) is 4.39 Å². The van der Waals surface area contributed by atoms with Crippen molar-refractivity contribution in [2.75, 3.05) is 6.26 Å². The van der Waals surface area contributed by atoms with Gasteiger partial charge in [-0.3, -0.25) is 14.4 Å². The molecule has 40 heavy (non-hydrogen) atoms. The van der Waals surface area contributed by atoms with Crippen molar-refractivity contribution in [1.29, 1.82) is 0 Å². The molecule has 0 amide bonds. The van der Waals surface area contributed by atoms with E-state index in [-0.39, 0.29) is 5.82 Å². The molecule has 5 unspecified atom stereocenters. The first-order chi connectivity index (χ1) is 19.0. The van der Waals surface area contributed by atoms with Crippen LogP contribution in [-0.4, -0.2) is 47.9 Å². The number of halogens is 1. The van der Waals surface area contributed by atoms with Crippen molar-refractivity contribution in [3.05, 3.63) is 82.0 Å². The van der Waals surface area contributed by atoms with Crippen LogP contribution in [0.15, 0.2) is 54.6 Å². The van der Waals surface area contributed by atoms with Crippen molar-refractivity contribution in [2.24, 2.45) is 0 Å². The third-order valence-electron chi connectivity index (χ3n) is 6.49. The molecular weight excluding hydrogens is 555 g/mol. The minimum absolute atomic E-state index is 0.274. The molecule has 0 spiro atoms. The van der Waals surface area contributed by atoms with Crippen LogP contribution < -0.4 is 0 Å². The third-order valence-corrected chi connectivity index (χ3v) is 8.47. The Morgan fingerprint density at radius 3 is 2.12 bits per heavy atom. The summed E-state index contributed by atoms with van der Waals surface area (Å²) in [5.74, 6) is -2.03. The van der Waals surface area contributed by atoms with Crippen molar-refractivity contribution in [3.63, 3.8) is 0 Å². The van der Waals surface area contributed by atoms with Gasteiger partial charge in [0.05, 0.1) is 0 Å². The van der Waals surface area contributed by atoms with Gasteiger partial charge in [-0.05, 0) is 59.7 Å². The Morgan fingerprint density at radius 2 is 1.50 bits per heavy atom. The Hall–Kier alpha value is -3.21. The highest BCUT2D eigenvalue weighted by atomic mass is 32.2. The van der Waals surface area contributed by atoms with E-state index >= 15 is 0 Å². The summed E-state index contributed by atoms with van der Waals surface area (Å²) in [4.78, 5) is 38.3. The van der Waals surface area contributed by atoms with Crippen LogP contribution in [0.3, 0.4) is 0 Å². The van der Waals surface area contributed by atoms with E-state index in [1.165, 1.54) is 44.7 Å². The number of esters is 3. The van der Waals surface area contributed by atoms with Crippen LogP contribution in [0.1, 0.15) is 48.4 Å². The lowest BCUT2D eigenvalue weighted by molar-refractivity contribution is -0.233. The molecule has 1 aromatic heterocycles. The minimum atomic E-state index is -1.07. The summed E-state index contributed by atoms with van der Waals surface area (Å²) < 4.78 is 36.5. The van der Waals surface area contributed by atoms with Crippen LogP contribution in [0.4, 0.5) is 4.39 Å². The molecule has 212 valence electrons. The SMILES string of the molecule is CSC1OC(c2ccc(C)c(Cc3ccc(-c4ccc(F)cc4)s3)c2)C(OC(C)=O)C(OC(C)=O)C1OC(C)=O. The van der Waals surface area contributed by atoms with Gasteiger partial charge in [0, 0.05) is 36.9 Å². The molecule has 1 saturated heterocycles. The second kappa shape index (κ2) is 13.0. The van der Waals surface area contributed by atoms with E-state index in [4.69, 9.17) is 18.9 Å². The number of aryl methyl sites for hydroxylation is 1. The number of carbonyl (C=O) groups is 3. The number of carbonyl (C=O) groups excluding carboxylic acids is 3. The van der Waals surface area contributed by atoms with Crippen LogP contribution >= 0.6 is 23.1 Å². The normalized spacial score (nSPS) is 22.4. The van der Waals surface area contributed by atoms with Crippen LogP contribution in [0, 0.1) is 12.7 Å². The molecule has 0 bridgehead atoms. The smallest absolute Gasteiger partial charge is 0.303 e. The van der Waals surface area contributed by atoms with Crippen molar-refractivity contribution >= 4 is 41.0 Å². The quantitative estimate of drug-likeness (QED) is 0.234. The second-order valence-electron chi connectivity index (χ2n) is 9.52. The average molecular weight is 587 g/mol. The molecule has 2 heterocycles. The van der Waals surface area contributed by atoms with Gasteiger partial charge in [0.25, 0.3) is 0 Å². The van der Waals surface area contributed by atoms with E-state index in [0.29, 0.717) is 6.42 Å². The molecule has 0 aliphatic carbocycles. The Kier molecular flexibility index (Phi) is 9.65. The van der Waals surface area contributed by atoms with E-state index in [1.54, 1.807) is 29.7 Å². The molecule has 0 saturated carbocycles. The zero-order valence-electron chi connectivity index (χ0n) is 22.8. The molecule has 0 N–H and O–H groups in total. The van der Waals surface area contributed by atoms with E-state index in [9.17, 15) is 18.8 Å². The highest BCUT2D eigenvalue weighted by molar-refractivity contribution is 7.99. The maximum atomic E-state index is 13.4. The van der Waals surface area contributed by atoms with Crippen molar-refractivity contribution in [2.45, 2.75) is 64.0 Å². The molecule has 1 fully saturated rings. The number of rotatable bonds is 8. The summed E-state index contributed by atoms with van der Waals surface area (Å²) in [7, 11) is 0. The van der Waals surface area contributed by atoms with Gasteiger partial charge in [-0.1, -0.05) is 30.3 Å². The fraction of sp³-hybridized carbons (Fsp3) is 0.367. The predicted molar refractivity (Wildman–Crippen MR) is 151 cm³/mol. The lowest BCUT2D eigenvalue weighted by Gasteiger charge is -2.44. The summed E-state index contributed by atoms with van der Waals surface area (Å²) >= 11 is 2.94. The average Bonchev–Trinajstić information content (AvgIpc) is 3.35. The Labute approximate surface area is 241 Å². The standard InChI is InChI=1S/C30H31FO7S2/c1-16-6-7-21(14-22(16)15-24-12-13-25(40-24)20-8-10-23(31)11-9-20)26-27(35-17(2)32)28(36-18(3)33)29(37-19(4)34)30(38-26)39-5/h6-14,26-30H,15H2,1-5H3. The van der Waals surface area contributed by atoms with Crippen molar-refractivity contribution < 1.29 is 37.7 Å². The van der Waals surface area contributed by atoms with Gasteiger partial charge in [-0.15, -0.1) is 23.1 Å². The molecule has 5 atom stereocenters. The molecule has 1 aliphatic heterocycles. The number of benzene rings is 2. The maximum Gasteiger partial charge on any atom is 0.303 e. The van der Waals surface area contributed by atoms with Crippen LogP contribution in [0.25, 0.3) is 10.4 Å². The second-order valence-corrected chi connectivity index (χ2v) is 11.6. The topological polar surface area (TPSA) is 88.1 Å². The molecule has 4 rings (SSSR count). The first kappa shape index (κ1) is 29.8. The van der Waals surface area contributed by atoms with Gasteiger partial charge in [0.1, 0.15) is 17.4 Å². The summed E-state index contributed by atoms with van der Waals surface area (Å²) in [6.45, 7) is 5.79. The van der Waals surface area contributed by atoms with Gasteiger partial charge in [0.2, 0.25) is 0 Å². The summed E-state index contributed by atoms with van der Waals surface area (Å²) in [5, 5.41) is 0. The maximum absolute atomic E-state index is 13.4. The largest absolute Gasteiger partial charge is 0.455 e. The summed E-state index contributed by atoms with van der Waals surface area (Å²) in [6.07, 6.45) is -1.43. The van der Waals surface area contributed by atoms with Gasteiger partial charge in [-0.2, -0.15) is 0 Å². The van der Waals surface area contributed by atoms with Crippen LogP contribution in [0.2, 0.25) is 0 Å². The van der Waals surface area contributed by atoms with E-state index in [0.717, 1.165) is 32.0 Å². The number of hydrogen-bond donors (Lipinski definition) is 0. The number of thioether (sulfide) groups is 1. The van der Waals surface area contributed by atoms with Crippen molar-refractivity contribution in [1.82, 2.24) is 0 Å². The van der Waals surface area contributed by atoms with Gasteiger partial charge < -0.3 is 18.9 Å². The fourth-order valence-electron chi connectivity index (χ4n) is 4.72. The molecule has 2 aromatic carbocycles. The number of thiophene rings is 1. The zero-order chi connectivity index (χ0) is 29.0. The summed E-state index contributed by atoms with van der Waals surface area (Å²) in [6, 6.07) is 16.4. The lowest BCUT2D eigenvalue weighted by Crippen LogP contribution is -2.57. The molecule has 10 heteroatoms. The highest BCUT2D eigenvalue weighted by Gasteiger charge is 2.52. The lowest BCUT2D eigenvalue weighted by atomic mass is 9.91. The Bertz CT molecular complexity index is 1370. The van der Waals surface area contributed by atoms with E-state index in [1.807, 2.05) is 31.2 Å². The molecule has 0 radical (unpaired) electrons. The van der Waals surface area contributed by atoms with E-state index in [2.05, 4.69) is 6.07 Å². The molecule has 1 aliphatic rings. The monoisotopic (exact) mass is 586 g/mol. The molecule has 7 nitrogen and oxygen atoms in total. The molecule has 3 aromatic rings. The first-order valence-corrected chi connectivity index (χ1v) is 14.8. The van der Waals surface area contributed by atoms with Gasteiger partial charge in [0.15, 0.2) is 18.3 Å². The predicted octanol–water partition coefficient (Wildman–Crippen LogP) is 6.01. The third kappa shape index (κ3) is 7.10. The van der Waals surface area contributed by atoms with E-state index < -0.39 is 47.8 Å². The summed E-state index contributed by atoms with van der Waals surface area (Å²) in [5.41, 5.74) is 3.12. The van der Waals surface area contributed by atoms with Crippen LogP contribution in [0.5, 0.6) is 0 Å². The number of hydrogen-bond acceptors (Lipinski definition) is 9. The van der Waals surface area contributed by atoms with Gasteiger partial charge >= 0.3 is 17.9 Å². The first-order valence-electron chi connectivity index (χ1n) is 12.7. The van der Waals surface area contributed by atoms with Crippen molar-refractivity contribution in [3.8, 4) is 10.4 Å². The zero-order valence-corrected chi connectivity index (χ0v) is 24.5. The van der Waals surface area contributed by atoms with Crippen LogP contribution in [-0.2, 0) is 39.8 Å². The minimum Gasteiger partial charge on any atom is -0.455 e. The number of ether oxygens (including phenoxy) is 4. The Balaban J connectivity index is 1.67. The Morgan fingerprint density at radius 1 is 0.875 bits per heavy atom. The molecular formula is C30H31FO7S2.